The van der Waals surface area contributed by atoms with E-state index in [4.69, 9.17) is 11.6 Å². The molecular weight excluding hydrogens is 292 g/mol. The van der Waals surface area contributed by atoms with Crippen molar-refractivity contribution in [2.24, 2.45) is 5.92 Å². The minimum absolute atomic E-state index is 0.324. The fourth-order valence-corrected chi connectivity index (χ4v) is 3.61. The molecule has 0 bridgehead atoms. The van der Waals surface area contributed by atoms with Crippen molar-refractivity contribution in [3.05, 3.63) is 45.7 Å². The molecule has 2 aromatic heterocycles. The summed E-state index contributed by atoms with van der Waals surface area (Å²) in [4.78, 5) is 7.69. The molecule has 0 amide bonds. The number of pyridine rings is 1. The van der Waals surface area contributed by atoms with Crippen LogP contribution in [0, 0.1) is 5.92 Å². The van der Waals surface area contributed by atoms with E-state index in [2.05, 4.69) is 9.88 Å². The Morgan fingerprint density at radius 3 is 2.70 bits per heavy atom. The first-order valence-electron chi connectivity index (χ1n) is 6.82. The van der Waals surface area contributed by atoms with Gasteiger partial charge in [0.05, 0.1) is 11.1 Å². The Hall–Kier alpha value is -1.10. The summed E-state index contributed by atoms with van der Waals surface area (Å²) in [6.45, 7) is 1.86. The average Bonchev–Trinajstić information content (AvgIpc) is 3.02. The molecule has 0 spiro atoms. The van der Waals surface area contributed by atoms with Crippen molar-refractivity contribution in [2.75, 3.05) is 18.0 Å². The summed E-state index contributed by atoms with van der Waals surface area (Å²) in [6.07, 6.45) is 3.34. The van der Waals surface area contributed by atoms with Gasteiger partial charge in [-0.15, -0.1) is 11.3 Å². The summed E-state index contributed by atoms with van der Waals surface area (Å²) >= 11 is 7.49. The molecule has 1 N–H and O–H groups in total. The highest BCUT2D eigenvalue weighted by atomic mass is 35.5. The number of aliphatic hydroxyl groups is 1. The zero-order chi connectivity index (χ0) is 13.9. The first-order valence-corrected chi connectivity index (χ1v) is 8.08. The van der Waals surface area contributed by atoms with Gasteiger partial charge in [0, 0.05) is 24.2 Å². The summed E-state index contributed by atoms with van der Waals surface area (Å²) in [5.41, 5.74) is 0. The van der Waals surface area contributed by atoms with Crippen molar-refractivity contribution < 1.29 is 5.11 Å². The van der Waals surface area contributed by atoms with Crippen LogP contribution in [-0.4, -0.2) is 23.2 Å². The van der Waals surface area contributed by atoms with Crippen LogP contribution in [0.1, 0.15) is 23.8 Å². The number of thiophene rings is 1. The van der Waals surface area contributed by atoms with Crippen LogP contribution >= 0.6 is 22.9 Å². The molecule has 1 fully saturated rings. The fourth-order valence-electron chi connectivity index (χ4n) is 2.69. The first kappa shape index (κ1) is 13.9. The zero-order valence-corrected chi connectivity index (χ0v) is 12.6. The predicted molar refractivity (Wildman–Crippen MR) is 83.5 cm³/mol. The second-order valence-corrected chi connectivity index (χ2v) is 6.54. The van der Waals surface area contributed by atoms with Crippen LogP contribution in [0.4, 0.5) is 5.82 Å². The zero-order valence-electron chi connectivity index (χ0n) is 11.1. The molecule has 0 saturated carbocycles. The Bertz CT molecular complexity index is 536. The molecule has 0 radical (unpaired) electrons. The highest BCUT2D eigenvalue weighted by Gasteiger charge is 2.27. The van der Waals surface area contributed by atoms with Crippen LogP contribution in [0.2, 0.25) is 5.02 Å². The van der Waals surface area contributed by atoms with Gasteiger partial charge in [-0.05, 0) is 42.3 Å². The third-order valence-electron chi connectivity index (χ3n) is 3.86. The molecule has 2 aromatic rings. The molecule has 3 heterocycles. The summed E-state index contributed by atoms with van der Waals surface area (Å²) < 4.78 is 0. The molecule has 3 nitrogen and oxygen atoms in total. The topological polar surface area (TPSA) is 36.4 Å². The van der Waals surface area contributed by atoms with Gasteiger partial charge in [0.25, 0.3) is 0 Å². The van der Waals surface area contributed by atoms with E-state index in [0.717, 1.165) is 36.6 Å². The van der Waals surface area contributed by atoms with Gasteiger partial charge < -0.3 is 10.0 Å². The first-order chi connectivity index (χ1) is 9.74. The Morgan fingerprint density at radius 1 is 1.30 bits per heavy atom. The van der Waals surface area contributed by atoms with E-state index >= 15 is 0 Å². The van der Waals surface area contributed by atoms with Gasteiger partial charge in [-0.2, -0.15) is 0 Å². The SMILES string of the molecule is OC(c1cccs1)C1CCN(c2ccc(Cl)cn2)CC1. The van der Waals surface area contributed by atoms with E-state index in [0.29, 0.717) is 10.9 Å². The number of hydrogen-bond donors (Lipinski definition) is 1. The van der Waals surface area contributed by atoms with E-state index in [1.807, 2.05) is 29.6 Å². The maximum absolute atomic E-state index is 10.4. The molecule has 1 aliphatic heterocycles. The Balaban J connectivity index is 1.60. The largest absolute Gasteiger partial charge is 0.387 e. The molecule has 1 unspecified atom stereocenters. The van der Waals surface area contributed by atoms with Crippen LogP contribution in [0.25, 0.3) is 0 Å². The average molecular weight is 309 g/mol. The molecule has 0 aliphatic carbocycles. The number of anilines is 1. The van der Waals surface area contributed by atoms with Crippen molar-refractivity contribution in [3.63, 3.8) is 0 Å². The third-order valence-corrected chi connectivity index (χ3v) is 5.02. The van der Waals surface area contributed by atoms with Gasteiger partial charge in [-0.25, -0.2) is 4.98 Å². The lowest BCUT2D eigenvalue weighted by Crippen LogP contribution is -2.36. The van der Waals surface area contributed by atoms with E-state index in [-0.39, 0.29) is 6.10 Å². The van der Waals surface area contributed by atoms with Crippen molar-refractivity contribution in [1.29, 1.82) is 0 Å². The highest BCUT2D eigenvalue weighted by Crippen LogP contribution is 2.33. The van der Waals surface area contributed by atoms with Crippen LogP contribution in [0.15, 0.2) is 35.8 Å². The third kappa shape index (κ3) is 2.97. The second-order valence-electron chi connectivity index (χ2n) is 5.12. The van der Waals surface area contributed by atoms with Crippen molar-refractivity contribution >= 4 is 28.8 Å². The molecule has 1 atom stereocenters. The lowest BCUT2D eigenvalue weighted by atomic mass is 9.90. The Kier molecular flexibility index (Phi) is 4.24. The van der Waals surface area contributed by atoms with Crippen LogP contribution < -0.4 is 4.90 Å². The molecule has 106 valence electrons. The van der Waals surface area contributed by atoms with Gasteiger partial charge in [0.1, 0.15) is 5.82 Å². The Labute approximate surface area is 127 Å². The van der Waals surface area contributed by atoms with Crippen LogP contribution in [0.5, 0.6) is 0 Å². The van der Waals surface area contributed by atoms with Gasteiger partial charge >= 0.3 is 0 Å². The lowest BCUT2D eigenvalue weighted by molar-refractivity contribution is 0.0961. The molecule has 3 rings (SSSR count). The second kappa shape index (κ2) is 6.12. The van der Waals surface area contributed by atoms with Crippen molar-refractivity contribution in [2.45, 2.75) is 18.9 Å². The maximum atomic E-state index is 10.4. The minimum atomic E-state index is -0.324. The molecule has 5 heteroatoms. The number of aromatic nitrogens is 1. The van der Waals surface area contributed by atoms with Crippen molar-refractivity contribution in [3.8, 4) is 0 Å². The normalized spacial score (nSPS) is 18.2. The van der Waals surface area contributed by atoms with E-state index in [1.54, 1.807) is 17.5 Å². The van der Waals surface area contributed by atoms with Crippen molar-refractivity contribution in [1.82, 2.24) is 4.98 Å². The number of halogens is 1. The number of piperidine rings is 1. The Morgan fingerprint density at radius 2 is 2.10 bits per heavy atom. The molecule has 1 aliphatic rings. The monoisotopic (exact) mass is 308 g/mol. The van der Waals surface area contributed by atoms with Gasteiger partial charge in [0.2, 0.25) is 0 Å². The summed E-state index contributed by atoms with van der Waals surface area (Å²) in [6, 6.07) is 7.84. The smallest absolute Gasteiger partial charge is 0.128 e. The van der Waals surface area contributed by atoms with Crippen LogP contribution in [0.3, 0.4) is 0 Å². The standard InChI is InChI=1S/C15H17ClN2OS/c16-12-3-4-14(17-10-12)18-7-5-11(6-8-18)15(19)13-2-1-9-20-13/h1-4,9-11,15,19H,5-8H2. The minimum Gasteiger partial charge on any atom is -0.387 e. The number of nitrogens with zero attached hydrogens (tertiary/aromatic N) is 2. The molecule has 1 saturated heterocycles. The van der Waals surface area contributed by atoms with E-state index in [1.165, 1.54) is 0 Å². The number of hydrogen-bond acceptors (Lipinski definition) is 4. The van der Waals surface area contributed by atoms with Gasteiger partial charge in [-0.3, -0.25) is 0 Å². The maximum Gasteiger partial charge on any atom is 0.128 e. The quantitative estimate of drug-likeness (QED) is 0.938. The van der Waals surface area contributed by atoms with Gasteiger partial charge in [-0.1, -0.05) is 17.7 Å². The summed E-state index contributed by atoms with van der Waals surface area (Å²) in [5, 5.41) is 13.1. The summed E-state index contributed by atoms with van der Waals surface area (Å²) in [7, 11) is 0. The molecular formula is C15H17ClN2OS. The van der Waals surface area contributed by atoms with E-state index < -0.39 is 0 Å². The lowest BCUT2D eigenvalue weighted by Gasteiger charge is -2.34. The summed E-state index contributed by atoms with van der Waals surface area (Å²) in [5.74, 6) is 1.32. The molecule has 20 heavy (non-hydrogen) atoms. The number of aliphatic hydroxyl groups excluding tert-OH is 1. The highest BCUT2D eigenvalue weighted by molar-refractivity contribution is 7.10. The van der Waals surface area contributed by atoms with Crippen LogP contribution in [-0.2, 0) is 0 Å². The van der Waals surface area contributed by atoms with Gasteiger partial charge in [0.15, 0.2) is 0 Å². The number of rotatable bonds is 3. The van der Waals surface area contributed by atoms with E-state index in [9.17, 15) is 5.11 Å². The molecule has 0 aromatic carbocycles. The fraction of sp³-hybridized carbons (Fsp3) is 0.400. The predicted octanol–water partition coefficient (Wildman–Crippen LogP) is 3.75.